The summed E-state index contributed by atoms with van der Waals surface area (Å²) < 4.78 is 48.6. The van der Waals surface area contributed by atoms with Gasteiger partial charge < -0.3 is 14.2 Å². The van der Waals surface area contributed by atoms with Crippen LogP contribution in [-0.4, -0.2) is 74.5 Å². The summed E-state index contributed by atoms with van der Waals surface area (Å²) in [4.78, 5) is 12.6. The van der Waals surface area contributed by atoms with E-state index in [2.05, 4.69) is 35.0 Å². The van der Waals surface area contributed by atoms with Crippen LogP contribution in [0.1, 0.15) is 25.5 Å². The Hall–Kier alpha value is -4.27. The minimum atomic E-state index is -4.00. The molecule has 0 spiro atoms. The molecule has 0 aliphatic rings. The van der Waals surface area contributed by atoms with E-state index in [9.17, 15) is 8.42 Å². The summed E-state index contributed by atoms with van der Waals surface area (Å²) in [5, 5.41) is 11.8. The van der Waals surface area contributed by atoms with Crippen molar-refractivity contribution in [3.8, 4) is 34.7 Å². The summed E-state index contributed by atoms with van der Waals surface area (Å²) >= 11 is 0. The molecule has 1 N–H and O–H groups in total. The predicted molar refractivity (Wildman–Crippen MR) is 133 cm³/mol. The van der Waals surface area contributed by atoms with Crippen molar-refractivity contribution in [1.29, 1.82) is 0 Å². The first-order valence-electron chi connectivity index (χ1n) is 11.1. The van der Waals surface area contributed by atoms with Crippen LogP contribution in [0.5, 0.6) is 17.5 Å². The molecule has 0 fully saturated rings. The third-order valence-electron chi connectivity index (χ3n) is 5.86. The third kappa shape index (κ3) is 5.02. The highest BCUT2D eigenvalue weighted by atomic mass is 32.2. The molecule has 4 rings (SSSR count). The van der Waals surface area contributed by atoms with Gasteiger partial charge in [0.05, 0.1) is 32.8 Å². The Morgan fingerprint density at radius 1 is 0.946 bits per heavy atom. The zero-order valence-corrected chi connectivity index (χ0v) is 22.0. The highest BCUT2D eigenvalue weighted by Gasteiger charge is 2.32. The minimum absolute atomic E-state index is 0.117. The Labute approximate surface area is 213 Å². The van der Waals surface area contributed by atoms with Gasteiger partial charge in [0.2, 0.25) is 27.7 Å². The molecule has 0 bridgehead atoms. The van der Waals surface area contributed by atoms with Crippen LogP contribution in [0.15, 0.2) is 36.9 Å². The molecule has 0 saturated heterocycles. The lowest BCUT2D eigenvalue weighted by Crippen LogP contribution is -2.31. The number of nitrogens with zero attached hydrogens (tertiary/aromatic N) is 8. The minimum Gasteiger partial charge on any atom is -0.495 e. The summed E-state index contributed by atoms with van der Waals surface area (Å²) in [6.07, 6.45) is 4.53. The van der Waals surface area contributed by atoms with Crippen molar-refractivity contribution in [2.75, 3.05) is 26.1 Å². The third-order valence-corrected chi connectivity index (χ3v) is 7.71. The summed E-state index contributed by atoms with van der Waals surface area (Å²) in [5.41, 5.74) is 1.22. The lowest BCUT2D eigenvalue weighted by atomic mass is 10.0. The van der Waals surface area contributed by atoms with Crippen LogP contribution in [0.25, 0.3) is 17.2 Å². The molecule has 4 aromatic rings. The number of nitrogens with one attached hydrogen (secondary N) is 1. The molecule has 0 aromatic carbocycles. The van der Waals surface area contributed by atoms with Crippen molar-refractivity contribution >= 4 is 16.0 Å². The van der Waals surface area contributed by atoms with Crippen LogP contribution in [0, 0.1) is 0 Å². The van der Waals surface area contributed by atoms with E-state index in [4.69, 9.17) is 14.2 Å². The van der Waals surface area contributed by atoms with E-state index < -0.39 is 21.2 Å². The first kappa shape index (κ1) is 25.8. The number of pyridine rings is 1. The summed E-state index contributed by atoms with van der Waals surface area (Å²) in [6, 6.07) is 5.17. The van der Waals surface area contributed by atoms with E-state index in [0.29, 0.717) is 17.1 Å². The highest BCUT2D eigenvalue weighted by molar-refractivity contribution is 7.93. The Morgan fingerprint density at radius 2 is 1.65 bits per heavy atom. The van der Waals surface area contributed by atoms with Crippen molar-refractivity contribution in [2.24, 2.45) is 7.05 Å². The molecule has 0 amide bonds. The van der Waals surface area contributed by atoms with Crippen molar-refractivity contribution in [1.82, 2.24) is 39.5 Å². The average molecular weight is 530 g/mol. The number of aryl methyl sites for hydroxylation is 1. The second-order valence-electron chi connectivity index (χ2n) is 8.06. The summed E-state index contributed by atoms with van der Waals surface area (Å²) in [7, 11) is 2.12. The van der Waals surface area contributed by atoms with Gasteiger partial charge in [-0.25, -0.2) is 13.0 Å². The van der Waals surface area contributed by atoms with E-state index in [0.717, 1.165) is 0 Å². The van der Waals surface area contributed by atoms with E-state index in [1.165, 1.54) is 32.2 Å². The molecule has 0 aliphatic carbocycles. The van der Waals surface area contributed by atoms with Gasteiger partial charge in [-0.2, -0.15) is 15.1 Å². The van der Waals surface area contributed by atoms with E-state index in [-0.39, 0.29) is 29.2 Å². The largest absolute Gasteiger partial charge is 0.495 e. The summed E-state index contributed by atoms with van der Waals surface area (Å²) in [5.74, 6) is 0.462. The Morgan fingerprint density at radius 3 is 2.19 bits per heavy atom. The quantitative estimate of drug-likeness (QED) is 0.319. The SMILES string of the molecule is COc1ccc([C@@H](C)[C@H](C)S(=O)(=O)Nc2nnc(-c3ccn(C)n3)n2-c2c(OC)ncnc2OC)nc1. The van der Waals surface area contributed by atoms with Crippen LogP contribution in [0.3, 0.4) is 0 Å². The molecule has 4 aromatic heterocycles. The van der Waals surface area contributed by atoms with Gasteiger partial charge in [0.25, 0.3) is 0 Å². The second kappa shape index (κ2) is 10.4. The van der Waals surface area contributed by atoms with Crippen LogP contribution >= 0.6 is 0 Å². The van der Waals surface area contributed by atoms with Crippen molar-refractivity contribution in [2.45, 2.75) is 25.0 Å². The zero-order valence-electron chi connectivity index (χ0n) is 21.1. The van der Waals surface area contributed by atoms with Crippen molar-refractivity contribution in [3.63, 3.8) is 0 Å². The molecule has 4 heterocycles. The number of anilines is 1. The highest BCUT2D eigenvalue weighted by Crippen LogP contribution is 2.35. The molecule has 0 unspecified atom stereocenters. The molecular weight excluding hydrogens is 502 g/mol. The molecule has 14 nitrogen and oxygen atoms in total. The number of hydrogen-bond acceptors (Lipinski definition) is 11. The second-order valence-corrected chi connectivity index (χ2v) is 10.1. The smallest absolute Gasteiger partial charge is 0.245 e. The molecule has 2 atom stereocenters. The number of hydrogen-bond donors (Lipinski definition) is 1. The van der Waals surface area contributed by atoms with E-state index >= 15 is 0 Å². The van der Waals surface area contributed by atoms with Gasteiger partial charge >= 0.3 is 0 Å². The molecule has 15 heteroatoms. The van der Waals surface area contributed by atoms with Crippen molar-refractivity contribution in [3.05, 3.63) is 42.6 Å². The van der Waals surface area contributed by atoms with Gasteiger partial charge in [-0.1, -0.05) is 6.92 Å². The standard InChI is InChI=1S/C22H27N9O5S/c1-13(16-8-7-15(34-4)11-23-16)14(2)37(32,33)29-22-27-26-19(17-9-10-30(3)28-17)31(22)18-20(35-5)24-12-25-21(18)36-6/h7-14H,1-6H3,(H,27,29)/t13-,14-/m0/s1. The van der Waals surface area contributed by atoms with Gasteiger partial charge in [-0.15, -0.1) is 10.2 Å². The number of methoxy groups -OCH3 is 3. The lowest BCUT2D eigenvalue weighted by Gasteiger charge is -2.21. The van der Waals surface area contributed by atoms with Crippen LogP contribution in [-0.2, 0) is 17.1 Å². The molecule has 196 valence electrons. The molecule has 0 aliphatic heterocycles. The van der Waals surface area contributed by atoms with Gasteiger partial charge in [-0.3, -0.25) is 14.4 Å². The maximum Gasteiger partial charge on any atom is 0.245 e. The molecular formula is C22H27N9O5S. The van der Waals surface area contributed by atoms with E-state index in [1.807, 2.05) is 0 Å². The van der Waals surface area contributed by atoms with Gasteiger partial charge in [0.1, 0.15) is 17.8 Å². The molecule has 37 heavy (non-hydrogen) atoms. The Kier molecular flexibility index (Phi) is 7.24. The van der Waals surface area contributed by atoms with Gasteiger partial charge in [-0.05, 0) is 25.1 Å². The maximum atomic E-state index is 13.5. The first-order valence-corrected chi connectivity index (χ1v) is 12.6. The Balaban J connectivity index is 1.79. The van der Waals surface area contributed by atoms with Gasteiger partial charge in [0, 0.05) is 24.9 Å². The average Bonchev–Trinajstić information content (AvgIpc) is 3.52. The summed E-state index contributed by atoms with van der Waals surface area (Å²) in [6.45, 7) is 3.37. The monoisotopic (exact) mass is 529 g/mol. The molecule has 0 saturated carbocycles. The predicted octanol–water partition coefficient (Wildman–Crippen LogP) is 1.81. The van der Waals surface area contributed by atoms with Crippen LogP contribution in [0.2, 0.25) is 0 Å². The van der Waals surface area contributed by atoms with Crippen molar-refractivity contribution < 1.29 is 22.6 Å². The normalized spacial score (nSPS) is 13.1. The number of sulfonamides is 1. The zero-order chi connectivity index (χ0) is 26.7. The first-order chi connectivity index (χ1) is 17.7. The van der Waals surface area contributed by atoms with Crippen LogP contribution < -0.4 is 18.9 Å². The topological polar surface area (TPSA) is 161 Å². The number of ether oxygens (including phenoxy) is 3. The fraction of sp³-hybridized carbons (Fsp3) is 0.364. The Bertz CT molecular complexity index is 1460. The fourth-order valence-corrected chi connectivity index (χ4v) is 4.86. The molecule has 0 radical (unpaired) electrons. The number of rotatable bonds is 10. The lowest BCUT2D eigenvalue weighted by molar-refractivity contribution is 0.368. The maximum absolute atomic E-state index is 13.5. The number of aromatic nitrogens is 8. The van der Waals surface area contributed by atoms with Crippen LogP contribution in [0.4, 0.5) is 5.95 Å². The van der Waals surface area contributed by atoms with Gasteiger partial charge in [0.15, 0.2) is 11.5 Å². The fourth-order valence-electron chi connectivity index (χ4n) is 3.61. The van der Waals surface area contributed by atoms with E-state index in [1.54, 1.807) is 56.2 Å².